The molecule has 0 aliphatic carbocycles. The minimum atomic E-state index is -0.530. The summed E-state index contributed by atoms with van der Waals surface area (Å²) in [6.07, 6.45) is -0.146. The average molecular weight is 236 g/mol. The first kappa shape index (κ1) is 13.2. The van der Waals surface area contributed by atoms with E-state index in [1.807, 2.05) is 13.8 Å². The van der Waals surface area contributed by atoms with Crippen LogP contribution in [0.25, 0.3) is 0 Å². The first-order valence-corrected chi connectivity index (χ1v) is 5.39. The highest BCUT2D eigenvalue weighted by Crippen LogP contribution is 2.15. The van der Waals surface area contributed by atoms with Gasteiger partial charge in [0, 0.05) is 5.56 Å². The highest BCUT2D eigenvalue weighted by Gasteiger charge is 2.11. The average Bonchev–Trinajstić information content (AvgIpc) is 2.28. The molecule has 1 aromatic rings. The Balaban J connectivity index is 2.67. The molecule has 0 radical (unpaired) electrons. The van der Waals surface area contributed by atoms with E-state index in [9.17, 15) is 9.59 Å². The number of methoxy groups -OCH3 is 1. The second kappa shape index (κ2) is 6.03. The van der Waals surface area contributed by atoms with E-state index in [1.165, 1.54) is 7.11 Å². The molecule has 4 heteroatoms. The van der Waals surface area contributed by atoms with Gasteiger partial charge in [-0.05, 0) is 38.1 Å². The predicted molar refractivity (Wildman–Crippen MR) is 63.2 cm³/mol. The third-order valence-corrected chi connectivity index (χ3v) is 2.08. The molecule has 0 amide bonds. The number of benzene rings is 1. The van der Waals surface area contributed by atoms with Crippen LogP contribution >= 0.6 is 0 Å². The van der Waals surface area contributed by atoms with Crippen LogP contribution in [0.1, 0.15) is 30.6 Å². The minimum Gasteiger partial charge on any atom is -0.491 e. The van der Waals surface area contributed by atoms with Crippen molar-refractivity contribution in [3.05, 3.63) is 29.8 Å². The monoisotopic (exact) mass is 236 g/mol. The molecule has 0 aromatic heterocycles. The van der Waals surface area contributed by atoms with E-state index in [0.29, 0.717) is 11.3 Å². The van der Waals surface area contributed by atoms with Crippen LogP contribution in [0.15, 0.2) is 24.3 Å². The first-order valence-electron chi connectivity index (χ1n) is 5.39. The molecule has 0 aliphatic rings. The van der Waals surface area contributed by atoms with Gasteiger partial charge in [0.05, 0.1) is 13.2 Å². The highest BCUT2D eigenvalue weighted by molar-refractivity contribution is 6.05. The normalized spacial score (nSPS) is 10.1. The van der Waals surface area contributed by atoms with Crippen molar-refractivity contribution in [3.63, 3.8) is 0 Å². The Kier molecular flexibility index (Phi) is 4.69. The van der Waals surface area contributed by atoms with E-state index >= 15 is 0 Å². The van der Waals surface area contributed by atoms with Gasteiger partial charge in [0.15, 0.2) is 5.78 Å². The van der Waals surface area contributed by atoms with Gasteiger partial charge in [-0.15, -0.1) is 0 Å². The van der Waals surface area contributed by atoms with Crippen LogP contribution in [0.3, 0.4) is 0 Å². The first-order chi connectivity index (χ1) is 8.02. The van der Waals surface area contributed by atoms with Gasteiger partial charge in [-0.25, -0.2) is 0 Å². The number of carbonyl (C=O) groups is 2. The molecule has 4 nitrogen and oxygen atoms in total. The lowest BCUT2D eigenvalue weighted by Gasteiger charge is -2.09. The highest BCUT2D eigenvalue weighted by atomic mass is 16.5. The second-order valence-corrected chi connectivity index (χ2v) is 3.87. The van der Waals surface area contributed by atoms with E-state index < -0.39 is 5.97 Å². The number of rotatable bonds is 5. The van der Waals surface area contributed by atoms with E-state index in [-0.39, 0.29) is 18.3 Å². The Morgan fingerprint density at radius 1 is 1.18 bits per heavy atom. The molecule has 1 rings (SSSR count). The molecule has 0 unspecified atom stereocenters. The van der Waals surface area contributed by atoms with Gasteiger partial charge >= 0.3 is 5.97 Å². The number of ether oxygens (including phenoxy) is 2. The number of hydrogen-bond donors (Lipinski definition) is 0. The van der Waals surface area contributed by atoms with E-state index in [2.05, 4.69) is 4.74 Å². The Hall–Kier alpha value is -1.84. The van der Waals surface area contributed by atoms with Crippen LogP contribution in [0, 0.1) is 0 Å². The van der Waals surface area contributed by atoms with E-state index in [4.69, 9.17) is 4.74 Å². The van der Waals surface area contributed by atoms with Crippen LogP contribution in [0.4, 0.5) is 0 Å². The lowest BCUT2D eigenvalue weighted by Crippen LogP contribution is -2.10. The molecule has 0 saturated carbocycles. The van der Waals surface area contributed by atoms with Crippen LogP contribution < -0.4 is 4.74 Å². The lowest BCUT2D eigenvalue weighted by atomic mass is 10.1. The molecule has 0 spiro atoms. The van der Waals surface area contributed by atoms with Crippen LogP contribution in [0.5, 0.6) is 5.75 Å². The molecule has 0 aliphatic heterocycles. The number of esters is 1. The van der Waals surface area contributed by atoms with Crippen LogP contribution in [-0.4, -0.2) is 25.0 Å². The van der Waals surface area contributed by atoms with Crippen LogP contribution in [0.2, 0.25) is 0 Å². The zero-order valence-electron chi connectivity index (χ0n) is 10.2. The van der Waals surface area contributed by atoms with Crippen molar-refractivity contribution < 1.29 is 19.1 Å². The molecule has 1 aromatic carbocycles. The van der Waals surface area contributed by atoms with Gasteiger partial charge in [0.2, 0.25) is 0 Å². The Morgan fingerprint density at radius 2 is 1.76 bits per heavy atom. The van der Waals surface area contributed by atoms with Gasteiger partial charge in [0.1, 0.15) is 12.2 Å². The van der Waals surface area contributed by atoms with E-state index in [1.54, 1.807) is 24.3 Å². The number of ketones is 1. The van der Waals surface area contributed by atoms with Crippen molar-refractivity contribution in [1.82, 2.24) is 0 Å². The molecule has 0 bridgehead atoms. The van der Waals surface area contributed by atoms with Gasteiger partial charge in [-0.1, -0.05) is 0 Å². The molecule has 0 heterocycles. The van der Waals surface area contributed by atoms with Crippen molar-refractivity contribution >= 4 is 11.8 Å². The van der Waals surface area contributed by atoms with Gasteiger partial charge < -0.3 is 9.47 Å². The Morgan fingerprint density at radius 3 is 2.24 bits per heavy atom. The topological polar surface area (TPSA) is 52.6 Å². The number of carbonyl (C=O) groups excluding carboxylic acids is 2. The smallest absolute Gasteiger partial charge is 0.313 e. The third-order valence-electron chi connectivity index (χ3n) is 2.08. The Bertz CT molecular complexity index is 392. The molecule has 0 saturated heterocycles. The van der Waals surface area contributed by atoms with Gasteiger partial charge in [0.25, 0.3) is 0 Å². The molecule has 92 valence electrons. The van der Waals surface area contributed by atoms with E-state index in [0.717, 1.165) is 0 Å². The molecular weight excluding hydrogens is 220 g/mol. The summed E-state index contributed by atoms with van der Waals surface area (Å²) in [5, 5.41) is 0. The molecule has 0 N–H and O–H groups in total. The molecular formula is C13H16O4. The third kappa shape index (κ3) is 4.26. The summed E-state index contributed by atoms with van der Waals surface area (Å²) in [4.78, 5) is 22.5. The standard InChI is InChI=1S/C13H16O4/c1-9(2)17-11-6-4-10(5-7-11)12(14)8-13(15)16-3/h4-7,9H,8H2,1-3H3. The fourth-order valence-corrected chi connectivity index (χ4v) is 1.30. The Labute approximate surface area is 101 Å². The largest absolute Gasteiger partial charge is 0.491 e. The maximum absolute atomic E-state index is 11.6. The summed E-state index contributed by atoms with van der Waals surface area (Å²) in [5.74, 6) is -0.0833. The number of Topliss-reactive ketones (excluding diaryl/α,β-unsaturated/α-hetero) is 1. The van der Waals surface area contributed by atoms with Gasteiger partial charge in [-0.3, -0.25) is 9.59 Å². The second-order valence-electron chi connectivity index (χ2n) is 3.87. The quantitative estimate of drug-likeness (QED) is 0.447. The fraction of sp³-hybridized carbons (Fsp3) is 0.385. The van der Waals surface area contributed by atoms with Crippen molar-refractivity contribution in [2.75, 3.05) is 7.11 Å². The summed E-state index contributed by atoms with van der Waals surface area (Å²) in [6, 6.07) is 6.71. The fourth-order valence-electron chi connectivity index (χ4n) is 1.30. The van der Waals surface area contributed by atoms with Gasteiger partial charge in [-0.2, -0.15) is 0 Å². The van der Waals surface area contributed by atoms with Crippen molar-refractivity contribution in [1.29, 1.82) is 0 Å². The van der Waals surface area contributed by atoms with Crippen molar-refractivity contribution in [2.24, 2.45) is 0 Å². The zero-order chi connectivity index (χ0) is 12.8. The van der Waals surface area contributed by atoms with Crippen molar-refractivity contribution in [3.8, 4) is 5.75 Å². The maximum Gasteiger partial charge on any atom is 0.313 e. The molecule has 0 fully saturated rings. The summed E-state index contributed by atoms with van der Waals surface area (Å²) in [5.41, 5.74) is 0.478. The molecule has 17 heavy (non-hydrogen) atoms. The maximum atomic E-state index is 11.6. The zero-order valence-corrected chi connectivity index (χ0v) is 10.2. The molecule has 0 atom stereocenters. The SMILES string of the molecule is COC(=O)CC(=O)c1ccc(OC(C)C)cc1. The summed E-state index contributed by atoms with van der Waals surface area (Å²) >= 11 is 0. The predicted octanol–water partition coefficient (Wildman–Crippen LogP) is 2.22. The van der Waals surface area contributed by atoms with Crippen molar-refractivity contribution in [2.45, 2.75) is 26.4 Å². The minimum absolute atomic E-state index is 0.0895. The summed E-state index contributed by atoms with van der Waals surface area (Å²) in [7, 11) is 1.26. The number of hydrogen-bond acceptors (Lipinski definition) is 4. The summed E-state index contributed by atoms with van der Waals surface area (Å²) in [6.45, 7) is 3.85. The van der Waals surface area contributed by atoms with Crippen LogP contribution in [-0.2, 0) is 9.53 Å². The lowest BCUT2D eigenvalue weighted by molar-refractivity contribution is -0.139. The summed E-state index contributed by atoms with van der Waals surface area (Å²) < 4.78 is 9.88.